The zero-order chi connectivity index (χ0) is 14.5. The molecule has 0 aliphatic heterocycles. The van der Waals surface area contributed by atoms with E-state index in [2.05, 4.69) is 5.43 Å². The second-order valence-electron chi connectivity index (χ2n) is 3.99. The third kappa shape index (κ3) is 3.63. The Labute approximate surface area is 125 Å². The molecule has 2 rings (SSSR count). The van der Waals surface area contributed by atoms with Gasteiger partial charge in [0.2, 0.25) is 0 Å². The fraction of sp³-hybridized carbons (Fsp3) is 0.0769. The summed E-state index contributed by atoms with van der Waals surface area (Å²) in [6.07, 6.45) is 0. The molecule has 0 saturated carbocycles. The highest BCUT2D eigenvalue weighted by atomic mass is 35.5. The van der Waals surface area contributed by atoms with E-state index in [4.69, 9.17) is 17.4 Å². The first-order valence-corrected chi connectivity index (χ1v) is 7.09. The SMILES string of the molecule is NNc1ccc([N+](=O)[O-])cc1CSc1ccc(Cl)cc1. The van der Waals surface area contributed by atoms with Crippen LogP contribution in [0.5, 0.6) is 0 Å². The minimum absolute atomic E-state index is 0.0516. The minimum Gasteiger partial charge on any atom is -0.324 e. The van der Waals surface area contributed by atoms with Crippen molar-refractivity contribution in [2.24, 2.45) is 5.84 Å². The van der Waals surface area contributed by atoms with E-state index in [0.717, 1.165) is 10.5 Å². The fourth-order valence-electron chi connectivity index (χ4n) is 1.65. The Balaban J connectivity index is 2.16. The van der Waals surface area contributed by atoms with Gasteiger partial charge in [-0.05, 0) is 35.9 Å². The number of benzene rings is 2. The lowest BCUT2D eigenvalue weighted by Gasteiger charge is -2.08. The summed E-state index contributed by atoms with van der Waals surface area (Å²) in [5, 5.41) is 11.5. The maximum Gasteiger partial charge on any atom is 0.269 e. The summed E-state index contributed by atoms with van der Waals surface area (Å²) >= 11 is 7.38. The van der Waals surface area contributed by atoms with Gasteiger partial charge >= 0.3 is 0 Å². The lowest BCUT2D eigenvalue weighted by molar-refractivity contribution is -0.384. The highest BCUT2D eigenvalue weighted by Gasteiger charge is 2.10. The molecule has 0 amide bonds. The summed E-state index contributed by atoms with van der Waals surface area (Å²) in [4.78, 5) is 11.4. The molecule has 0 fully saturated rings. The zero-order valence-electron chi connectivity index (χ0n) is 10.4. The normalized spacial score (nSPS) is 10.3. The second kappa shape index (κ2) is 6.60. The summed E-state index contributed by atoms with van der Waals surface area (Å²) < 4.78 is 0. The summed E-state index contributed by atoms with van der Waals surface area (Å²) in [6, 6.07) is 12.0. The van der Waals surface area contributed by atoms with Crippen molar-refractivity contribution in [2.45, 2.75) is 10.6 Å². The Hall–Kier alpha value is -1.76. The number of nitro groups is 1. The Kier molecular flexibility index (Phi) is 4.84. The van der Waals surface area contributed by atoms with Crippen LogP contribution < -0.4 is 11.3 Å². The molecule has 0 spiro atoms. The summed E-state index contributed by atoms with van der Waals surface area (Å²) in [7, 11) is 0. The van der Waals surface area contributed by atoms with Crippen LogP contribution in [0, 0.1) is 10.1 Å². The van der Waals surface area contributed by atoms with Crippen LogP contribution in [0.3, 0.4) is 0 Å². The van der Waals surface area contributed by atoms with E-state index in [1.165, 1.54) is 12.1 Å². The second-order valence-corrected chi connectivity index (χ2v) is 5.47. The van der Waals surface area contributed by atoms with Crippen LogP contribution in [0.4, 0.5) is 11.4 Å². The molecule has 0 saturated heterocycles. The van der Waals surface area contributed by atoms with Crippen LogP contribution in [0.1, 0.15) is 5.56 Å². The first-order valence-electron chi connectivity index (χ1n) is 5.72. The number of hydrogen-bond donors (Lipinski definition) is 2. The highest BCUT2D eigenvalue weighted by molar-refractivity contribution is 7.98. The number of hydrogen-bond acceptors (Lipinski definition) is 5. The minimum atomic E-state index is -0.420. The van der Waals surface area contributed by atoms with Crippen LogP contribution in [0.15, 0.2) is 47.4 Å². The van der Waals surface area contributed by atoms with E-state index < -0.39 is 4.92 Å². The number of thioether (sulfide) groups is 1. The van der Waals surface area contributed by atoms with Gasteiger partial charge in [-0.15, -0.1) is 11.8 Å². The van der Waals surface area contributed by atoms with E-state index in [-0.39, 0.29) is 5.69 Å². The fourth-order valence-corrected chi connectivity index (χ4v) is 2.66. The van der Waals surface area contributed by atoms with Gasteiger partial charge in [0.25, 0.3) is 5.69 Å². The number of rotatable bonds is 5. The predicted octanol–water partition coefficient (Wildman–Crippen LogP) is 3.83. The number of anilines is 1. The number of nitrogens with zero attached hydrogens (tertiary/aromatic N) is 1. The molecule has 5 nitrogen and oxygen atoms in total. The molecule has 0 heterocycles. The molecule has 3 N–H and O–H groups in total. The van der Waals surface area contributed by atoms with Crippen molar-refractivity contribution in [3.8, 4) is 0 Å². The Morgan fingerprint density at radius 3 is 2.55 bits per heavy atom. The van der Waals surface area contributed by atoms with Gasteiger partial charge in [-0.25, -0.2) is 0 Å². The smallest absolute Gasteiger partial charge is 0.269 e. The predicted molar refractivity (Wildman–Crippen MR) is 81.9 cm³/mol. The van der Waals surface area contributed by atoms with Gasteiger partial charge < -0.3 is 5.43 Å². The van der Waals surface area contributed by atoms with Gasteiger partial charge in [0.15, 0.2) is 0 Å². The average Bonchev–Trinajstić information content (AvgIpc) is 2.46. The van der Waals surface area contributed by atoms with Gasteiger partial charge in [-0.1, -0.05) is 11.6 Å². The first kappa shape index (κ1) is 14.6. The molecule has 2 aromatic carbocycles. The molecule has 104 valence electrons. The molecular formula is C13H12ClN3O2S. The van der Waals surface area contributed by atoms with Crippen molar-refractivity contribution in [1.82, 2.24) is 0 Å². The monoisotopic (exact) mass is 309 g/mol. The third-order valence-corrected chi connectivity index (χ3v) is 3.98. The first-order chi connectivity index (χ1) is 9.60. The molecular weight excluding hydrogens is 298 g/mol. The van der Waals surface area contributed by atoms with Gasteiger partial charge in [0, 0.05) is 27.8 Å². The molecule has 0 aromatic heterocycles. The largest absolute Gasteiger partial charge is 0.324 e. The van der Waals surface area contributed by atoms with Crippen molar-refractivity contribution in [3.63, 3.8) is 0 Å². The molecule has 0 atom stereocenters. The van der Waals surface area contributed by atoms with E-state index in [1.807, 2.05) is 12.1 Å². The van der Waals surface area contributed by atoms with E-state index in [0.29, 0.717) is 16.5 Å². The van der Waals surface area contributed by atoms with Gasteiger partial charge in [-0.2, -0.15) is 0 Å². The summed E-state index contributed by atoms with van der Waals surface area (Å²) in [5.41, 5.74) is 4.06. The van der Waals surface area contributed by atoms with Crippen LogP contribution in [-0.2, 0) is 5.75 Å². The molecule has 0 aliphatic rings. The van der Waals surface area contributed by atoms with E-state index in [1.54, 1.807) is 30.0 Å². The number of hydrazine groups is 1. The zero-order valence-corrected chi connectivity index (χ0v) is 11.9. The highest BCUT2D eigenvalue weighted by Crippen LogP contribution is 2.29. The van der Waals surface area contributed by atoms with E-state index >= 15 is 0 Å². The maximum absolute atomic E-state index is 10.8. The molecule has 0 aliphatic carbocycles. The van der Waals surface area contributed by atoms with Crippen molar-refractivity contribution in [3.05, 3.63) is 63.2 Å². The Morgan fingerprint density at radius 1 is 1.25 bits per heavy atom. The average molecular weight is 310 g/mol. The van der Waals surface area contributed by atoms with Gasteiger partial charge in [0.1, 0.15) is 0 Å². The number of non-ortho nitro benzene ring substituents is 1. The quantitative estimate of drug-likeness (QED) is 0.380. The molecule has 7 heteroatoms. The Morgan fingerprint density at radius 2 is 1.95 bits per heavy atom. The number of nitrogen functional groups attached to an aromatic ring is 1. The molecule has 20 heavy (non-hydrogen) atoms. The number of nitrogens with one attached hydrogen (secondary N) is 1. The Bertz CT molecular complexity index is 620. The van der Waals surface area contributed by atoms with Crippen LogP contribution in [0.25, 0.3) is 0 Å². The maximum atomic E-state index is 10.8. The van der Waals surface area contributed by atoms with Crippen molar-refractivity contribution in [1.29, 1.82) is 0 Å². The lowest BCUT2D eigenvalue weighted by Crippen LogP contribution is -2.09. The molecule has 0 unspecified atom stereocenters. The van der Waals surface area contributed by atoms with Gasteiger partial charge in [0.05, 0.1) is 10.6 Å². The number of nitrogens with two attached hydrogens (primary N) is 1. The van der Waals surface area contributed by atoms with Crippen LogP contribution >= 0.6 is 23.4 Å². The van der Waals surface area contributed by atoms with Crippen LogP contribution in [0.2, 0.25) is 5.02 Å². The van der Waals surface area contributed by atoms with Crippen LogP contribution in [-0.4, -0.2) is 4.92 Å². The van der Waals surface area contributed by atoms with Gasteiger partial charge in [-0.3, -0.25) is 16.0 Å². The van der Waals surface area contributed by atoms with E-state index in [9.17, 15) is 10.1 Å². The summed E-state index contributed by atoms with van der Waals surface area (Å²) in [6.45, 7) is 0. The van der Waals surface area contributed by atoms with Crippen molar-refractivity contribution in [2.75, 3.05) is 5.43 Å². The summed E-state index contributed by atoms with van der Waals surface area (Å²) in [5.74, 6) is 5.99. The number of halogens is 1. The molecule has 2 aromatic rings. The molecule has 0 radical (unpaired) electrons. The standard InChI is InChI=1S/C13H12ClN3O2S/c14-10-1-4-12(5-2-10)20-8-9-7-11(17(18)19)3-6-13(9)16-15/h1-7,16H,8,15H2. The van der Waals surface area contributed by atoms with Crippen molar-refractivity contribution >= 4 is 34.7 Å². The van der Waals surface area contributed by atoms with Crippen molar-refractivity contribution < 1.29 is 4.92 Å². The third-order valence-electron chi connectivity index (χ3n) is 2.66. The number of nitro benzene ring substituents is 1. The topological polar surface area (TPSA) is 81.2 Å². The molecule has 0 bridgehead atoms. The lowest BCUT2D eigenvalue weighted by atomic mass is 10.2.